The van der Waals surface area contributed by atoms with Gasteiger partial charge in [-0.1, -0.05) is 30.3 Å². The van der Waals surface area contributed by atoms with Crippen LogP contribution in [0.15, 0.2) is 35.3 Å². The number of benzene rings is 1. The molecule has 0 saturated carbocycles. The summed E-state index contributed by atoms with van der Waals surface area (Å²) in [7, 11) is -3.21. The molecule has 2 aliphatic rings. The Morgan fingerprint density at radius 2 is 1.77 bits per heavy atom. The minimum Gasteiger partial charge on any atom is -0.381 e. The monoisotopic (exact) mass is 550 g/mol. The van der Waals surface area contributed by atoms with E-state index in [1.807, 2.05) is 13.0 Å². The summed E-state index contributed by atoms with van der Waals surface area (Å²) in [5, 5.41) is 3.36. The summed E-state index contributed by atoms with van der Waals surface area (Å²) in [5.41, 5.74) is 1.33. The number of halogens is 1. The summed E-state index contributed by atoms with van der Waals surface area (Å²) < 4.78 is 29.6. The molecule has 170 valence electrons. The Labute approximate surface area is 198 Å². The average molecular weight is 551 g/mol. The standard InChI is InChI=1S/C21H34N4O3S.HI/c1-3-22-20(23-18-21(29(2,26)27)9-15-28-16-10-21)25-13-11-24(12-14-25)17-19-7-5-4-6-8-19;/h4-8H,3,9-18H2,1-2H3,(H,22,23);1H. The summed E-state index contributed by atoms with van der Waals surface area (Å²) in [6.07, 6.45) is 2.36. The van der Waals surface area contributed by atoms with Crippen molar-refractivity contribution in [2.75, 3.05) is 58.7 Å². The maximum Gasteiger partial charge on any atom is 0.194 e. The van der Waals surface area contributed by atoms with Crippen molar-refractivity contribution in [2.45, 2.75) is 31.1 Å². The highest BCUT2D eigenvalue weighted by Crippen LogP contribution is 2.29. The molecule has 2 fully saturated rings. The van der Waals surface area contributed by atoms with Crippen LogP contribution >= 0.6 is 24.0 Å². The summed E-state index contributed by atoms with van der Waals surface area (Å²) >= 11 is 0. The number of sulfone groups is 1. The van der Waals surface area contributed by atoms with E-state index >= 15 is 0 Å². The van der Waals surface area contributed by atoms with Gasteiger partial charge in [0, 0.05) is 58.7 Å². The molecule has 2 heterocycles. The molecular weight excluding hydrogens is 515 g/mol. The van der Waals surface area contributed by atoms with Gasteiger partial charge in [-0.25, -0.2) is 8.42 Å². The first-order chi connectivity index (χ1) is 13.9. The van der Waals surface area contributed by atoms with Crippen molar-refractivity contribution in [1.82, 2.24) is 15.1 Å². The Balaban J connectivity index is 0.00000320. The predicted molar refractivity (Wildman–Crippen MR) is 132 cm³/mol. The van der Waals surface area contributed by atoms with Crippen LogP contribution in [-0.2, 0) is 21.1 Å². The van der Waals surface area contributed by atoms with E-state index in [-0.39, 0.29) is 24.0 Å². The molecule has 3 rings (SSSR count). The number of nitrogens with one attached hydrogen (secondary N) is 1. The Kier molecular flexibility index (Phi) is 9.83. The zero-order chi connectivity index (χ0) is 20.7. The van der Waals surface area contributed by atoms with E-state index in [0.717, 1.165) is 45.2 Å². The molecule has 0 aromatic heterocycles. The summed E-state index contributed by atoms with van der Waals surface area (Å²) in [5.74, 6) is 0.821. The van der Waals surface area contributed by atoms with Crippen molar-refractivity contribution in [2.24, 2.45) is 4.99 Å². The van der Waals surface area contributed by atoms with Gasteiger partial charge in [-0.15, -0.1) is 24.0 Å². The van der Waals surface area contributed by atoms with E-state index in [1.54, 1.807) is 0 Å². The third-order valence-electron chi connectivity index (χ3n) is 5.96. The molecule has 0 spiro atoms. The van der Waals surface area contributed by atoms with Crippen molar-refractivity contribution >= 4 is 39.8 Å². The molecule has 0 aliphatic carbocycles. The molecule has 1 aromatic rings. The van der Waals surface area contributed by atoms with E-state index in [4.69, 9.17) is 9.73 Å². The van der Waals surface area contributed by atoms with E-state index in [2.05, 4.69) is 39.4 Å². The van der Waals surface area contributed by atoms with E-state index < -0.39 is 14.6 Å². The molecule has 0 radical (unpaired) electrons. The van der Waals surface area contributed by atoms with E-state index in [0.29, 0.717) is 32.6 Å². The predicted octanol–water partition coefficient (Wildman–Crippen LogP) is 1.98. The maximum atomic E-state index is 12.5. The largest absolute Gasteiger partial charge is 0.381 e. The number of aliphatic imine (C=N–C) groups is 1. The fourth-order valence-electron chi connectivity index (χ4n) is 3.99. The number of guanidine groups is 1. The molecule has 0 bridgehead atoms. The number of ether oxygens (including phenoxy) is 1. The van der Waals surface area contributed by atoms with Gasteiger partial charge in [0.1, 0.15) is 0 Å². The van der Waals surface area contributed by atoms with Gasteiger partial charge < -0.3 is 15.0 Å². The number of hydrogen-bond acceptors (Lipinski definition) is 5. The zero-order valence-electron chi connectivity index (χ0n) is 18.0. The van der Waals surface area contributed by atoms with Crippen LogP contribution in [0.5, 0.6) is 0 Å². The second-order valence-corrected chi connectivity index (χ2v) is 10.4. The van der Waals surface area contributed by atoms with Gasteiger partial charge in [-0.05, 0) is 25.3 Å². The lowest BCUT2D eigenvalue weighted by molar-refractivity contribution is 0.0767. The van der Waals surface area contributed by atoms with Crippen LogP contribution in [0.4, 0.5) is 0 Å². The number of piperazine rings is 1. The van der Waals surface area contributed by atoms with Gasteiger partial charge in [0.15, 0.2) is 15.8 Å². The highest BCUT2D eigenvalue weighted by Gasteiger charge is 2.42. The second-order valence-electron chi connectivity index (χ2n) is 7.99. The van der Waals surface area contributed by atoms with Gasteiger partial charge in [0.2, 0.25) is 0 Å². The Morgan fingerprint density at radius 3 is 2.33 bits per heavy atom. The van der Waals surface area contributed by atoms with Gasteiger partial charge in [0.05, 0.1) is 11.3 Å². The normalized spacial score (nSPS) is 20.5. The fourth-order valence-corrected chi connectivity index (χ4v) is 5.20. The number of rotatable bonds is 6. The molecule has 2 aliphatic heterocycles. The molecule has 0 atom stereocenters. The summed E-state index contributed by atoms with van der Waals surface area (Å²) in [6.45, 7) is 8.71. The lowest BCUT2D eigenvalue weighted by Gasteiger charge is -2.38. The third kappa shape index (κ3) is 6.54. The Morgan fingerprint density at radius 1 is 1.13 bits per heavy atom. The first-order valence-electron chi connectivity index (χ1n) is 10.5. The van der Waals surface area contributed by atoms with Crippen LogP contribution < -0.4 is 5.32 Å². The van der Waals surface area contributed by atoms with Crippen molar-refractivity contribution in [3.05, 3.63) is 35.9 Å². The van der Waals surface area contributed by atoms with Crippen molar-refractivity contribution in [3.8, 4) is 0 Å². The van der Waals surface area contributed by atoms with Crippen LogP contribution in [-0.4, -0.2) is 87.7 Å². The minimum atomic E-state index is -3.21. The van der Waals surface area contributed by atoms with Crippen molar-refractivity contribution in [1.29, 1.82) is 0 Å². The first kappa shape index (κ1) is 25.4. The van der Waals surface area contributed by atoms with Crippen LogP contribution in [0.25, 0.3) is 0 Å². The number of hydrogen-bond donors (Lipinski definition) is 1. The molecule has 9 heteroatoms. The quantitative estimate of drug-likeness (QED) is 0.332. The molecule has 7 nitrogen and oxygen atoms in total. The molecule has 2 saturated heterocycles. The molecule has 1 N–H and O–H groups in total. The van der Waals surface area contributed by atoms with Gasteiger partial charge >= 0.3 is 0 Å². The second kappa shape index (κ2) is 11.6. The minimum absolute atomic E-state index is 0. The van der Waals surface area contributed by atoms with Crippen LogP contribution in [0.3, 0.4) is 0 Å². The van der Waals surface area contributed by atoms with Gasteiger partial charge in [-0.2, -0.15) is 0 Å². The van der Waals surface area contributed by atoms with Crippen LogP contribution in [0.2, 0.25) is 0 Å². The van der Waals surface area contributed by atoms with Gasteiger partial charge in [-0.3, -0.25) is 9.89 Å². The van der Waals surface area contributed by atoms with E-state index in [9.17, 15) is 8.42 Å². The fraction of sp³-hybridized carbons (Fsp3) is 0.667. The highest BCUT2D eigenvalue weighted by atomic mass is 127. The number of nitrogens with zero attached hydrogens (tertiary/aromatic N) is 3. The Hall–Kier alpha value is -0.910. The summed E-state index contributed by atoms with van der Waals surface area (Å²) in [6, 6.07) is 10.5. The summed E-state index contributed by atoms with van der Waals surface area (Å²) in [4.78, 5) is 9.49. The van der Waals surface area contributed by atoms with Crippen molar-refractivity contribution in [3.63, 3.8) is 0 Å². The topological polar surface area (TPSA) is 74.2 Å². The maximum absolute atomic E-state index is 12.5. The van der Waals surface area contributed by atoms with Gasteiger partial charge in [0.25, 0.3) is 0 Å². The first-order valence-corrected chi connectivity index (χ1v) is 12.4. The molecular formula is C21H35IN4O3S. The molecule has 0 amide bonds. The smallest absolute Gasteiger partial charge is 0.194 e. The highest BCUT2D eigenvalue weighted by molar-refractivity contribution is 14.0. The van der Waals surface area contributed by atoms with Crippen LogP contribution in [0.1, 0.15) is 25.3 Å². The third-order valence-corrected chi connectivity index (χ3v) is 8.07. The average Bonchev–Trinajstić information content (AvgIpc) is 2.72. The lowest BCUT2D eigenvalue weighted by Crippen LogP contribution is -2.53. The molecule has 1 aromatic carbocycles. The Bertz CT molecular complexity index is 775. The SMILES string of the molecule is CCNC(=NCC1(S(C)(=O)=O)CCOCC1)N1CCN(Cc2ccccc2)CC1.I. The molecule has 0 unspecified atom stereocenters. The van der Waals surface area contributed by atoms with E-state index in [1.165, 1.54) is 11.8 Å². The zero-order valence-corrected chi connectivity index (χ0v) is 21.2. The van der Waals surface area contributed by atoms with Crippen molar-refractivity contribution < 1.29 is 13.2 Å². The van der Waals surface area contributed by atoms with Crippen LogP contribution in [0, 0.1) is 0 Å². The molecule has 30 heavy (non-hydrogen) atoms. The lowest BCUT2D eigenvalue weighted by atomic mass is 9.99.